The molecule has 0 aromatic heterocycles. The Hall–Kier alpha value is -1.39. The zero-order valence-electron chi connectivity index (χ0n) is 9.80. The lowest BCUT2D eigenvalue weighted by atomic mass is 10.1. The van der Waals surface area contributed by atoms with Gasteiger partial charge in [0.25, 0.3) is 0 Å². The molecule has 1 unspecified atom stereocenters. The van der Waals surface area contributed by atoms with Gasteiger partial charge in [-0.2, -0.15) is 0 Å². The minimum Gasteiger partial charge on any atom is -0.371 e. The summed E-state index contributed by atoms with van der Waals surface area (Å²) in [5, 5.41) is 3.35. The van der Waals surface area contributed by atoms with Crippen LogP contribution in [0.2, 0.25) is 0 Å². The van der Waals surface area contributed by atoms with Gasteiger partial charge in [-0.3, -0.25) is 4.99 Å². The second-order valence-electron chi connectivity index (χ2n) is 4.37. The summed E-state index contributed by atoms with van der Waals surface area (Å²) in [6.07, 6.45) is 2.11. The summed E-state index contributed by atoms with van der Waals surface area (Å²) in [5.41, 5.74) is 2.45. The molecular formula is C13H17N3O. The van der Waals surface area contributed by atoms with Gasteiger partial charge in [-0.15, -0.1) is 0 Å². The Kier molecular flexibility index (Phi) is 3.07. The summed E-state index contributed by atoms with van der Waals surface area (Å²) in [5.74, 6) is 0. The van der Waals surface area contributed by atoms with Crippen LogP contribution >= 0.6 is 0 Å². The number of morpholine rings is 1. The Bertz CT molecular complexity index is 396. The van der Waals surface area contributed by atoms with Crippen LogP contribution in [0.5, 0.6) is 0 Å². The average molecular weight is 231 g/mol. The van der Waals surface area contributed by atoms with Gasteiger partial charge >= 0.3 is 0 Å². The van der Waals surface area contributed by atoms with Gasteiger partial charge < -0.3 is 15.0 Å². The van der Waals surface area contributed by atoms with Crippen molar-refractivity contribution in [2.75, 3.05) is 37.7 Å². The molecule has 1 atom stereocenters. The molecule has 2 aliphatic heterocycles. The summed E-state index contributed by atoms with van der Waals surface area (Å²) in [6, 6.07) is 8.59. The number of nitrogens with one attached hydrogen (secondary N) is 1. The first-order chi connectivity index (χ1) is 8.43. The van der Waals surface area contributed by atoms with E-state index in [0.29, 0.717) is 0 Å². The summed E-state index contributed by atoms with van der Waals surface area (Å²) < 4.78 is 5.73. The van der Waals surface area contributed by atoms with E-state index in [9.17, 15) is 0 Å². The zero-order valence-corrected chi connectivity index (χ0v) is 9.80. The molecule has 17 heavy (non-hydrogen) atoms. The topological polar surface area (TPSA) is 36.9 Å². The molecule has 0 bridgehead atoms. The van der Waals surface area contributed by atoms with Crippen molar-refractivity contribution in [2.24, 2.45) is 4.99 Å². The highest BCUT2D eigenvalue weighted by Gasteiger charge is 2.16. The summed E-state index contributed by atoms with van der Waals surface area (Å²) in [4.78, 5) is 6.39. The number of nitrogens with zero attached hydrogens (tertiary/aromatic N) is 2. The molecule has 90 valence electrons. The Balaban J connectivity index is 1.72. The van der Waals surface area contributed by atoms with Crippen LogP contribution < -0.4 is 10.2 Å². The minimum atomic E-state index is 0.199. The third-order valence-corrected chi connectivity index (χ3v) is 3.22. The van der Waals surface area contributed by atoms with E-state index >= 15 is 0 Å². The monoisotopic (exact) mass is 231 g/mol. The van der Waals surface area contributed by atoms with Crippen molar-refractivity contribution in [2.45, 2.75) is 6.10 Å². The van der Waals surface area contributed by atoms with Crippen LogP contribution in [-0.4, -0.2) is 39.1 Å². The predicted octanol–water partition coefficient (Wildman–Crippen LogP) is 1.20. The van der Waals surface area contributed by atoms with Crippen LogP contribution in [0.15, 0.2) is 29.3 Å². The minimum absolute atomic E-state index is 0.199. The van der Waals surface area contributed by atoms with Gasteiger partial charge in [0.2, 0.25) is 0 Å². The zero-order chi connectivity index (χ0) is 11.5. The van der Waals surface area contributed by atoms with Crippen molar-refractivity contribution in [3.63, 3.8) is 0 Å². The maximum absolute atomic E-state index is 5.73. The van der Waals surface area contributed by atoms with Gasteiger partial charge in [-0.25, -0.2) is 0 Å². The van der Waals surface area contributed by atoms with Crippen LogP contribution in [0.1, 0.15) is 11.7 Å². The fourth-order valence-electron chi connectivity index (χ4n) is 2.24. The number of aliphatic imine (C=N–C) groups is 1. The lowest BCUT2D eigenvalue weighted by molar-refractivity contribution is 0.0277. The van der Waals surface area contributed by atoms with Gasteiger partial charge in [-0.05, 0) is 17.7 Å². The van der Waals surface area contributed by atoms with Crippen molar-refractivity contribution in [1.29, 1.82) is 0 Å². The Labute approximate surface area is 101 Å². The maximum atomic E-state index is 5.73. The molecule has 2 aliphatic rings. The van der Waals surface area contributed by atoms with Crippen LogP contribution in [-0.2, 0) is 4.74 Å². The van der Waals surface area contributed by atoms with Crippen molar-refractivity contribution >= 4 is 12.0 Å². The quantitative estimate of drug-likeness (QED) is 0.831. The smallest absolute Gasteiger partial charge is 0.0949 e. The first kappa shape index (κ1) is 10.7. The highest BCUT2D eigenvalue weighted by atomic mass is 16.5. The lowest BCUT2D eigenvalue weighted by Crippen LogP contribution is -2.33. The van der Waals surface area contributed by atoms with E-state index in [-0.39, 0.29) is 6.10 Å². The normalized spacial score (nSPS) is 24.2. The number of hydrogen-bond donors (Lipinski definition) is 1. The Morgan fingerprint density at radius 1 is 1.29 bits per heavy atom. The SMILES string of the molecule is C1=NCCN1c1ccc(C2CNCCO2)cc1. The second-order valence-corrected chi connectivity index (χ2v) is 4.37. The van der Waals surface area contributed by atoms with E-state index in [2.05, 4.69) is 39.5 Å². The standard InChI is InChI=1S/C13H17N3O/c1-3-12(16-7-5-15-10-16)4-2-11(1)13-9-14-6-8-17-13/h1-4,10,13-14H,5-9H2. The van der Waals surface area contributed by atoms with Gasteiger partial charge in [0.05, 0.1) is 25.6 Å². The summed E-state index contributed by atoms with van der Waals surface area (Å²) in [7, 11) is 0. The fourth-order valence-corrected chi connectivity index (χ4v) is 2.24. The number of benzene rings is 1. The Morgan fingerprint density at radius 2 is 2.18 bits per heavy atom. The van der Waals surface area contributed by atoms with Gasteiger partial charge in [0.15, 0.2) is 0 Å². The molecule has 1 fully saturated rings. The third kappa shape index (κ3) is 2.33. The Morgan fingerprint density at radius 3 is 2.82 bits per heavy atom. The maximum Gasteiger partial charge on any atom is 0.0949 e. The molecule has 0 amide bonds. The van der Waals surface area contributed by atoms with Crippen LogP contribution in [0.25, 0.3) is 0 Å². The van der Waals surface area contributed by atoms with Crippen molar-refractivity contribution in [3.05, 3.63) is 29.8 Å². The molecule has 0 saturated carbocycles. The van der Waals surface area contributed by atoms with Crippen LogP contribution in [0, 0.1) is 0 Å². The van der Waals surface area contributed by atoms with E-state index in [1.54, 1.807) is 0 Å². The van der Waals surface area contributed by atoms with Crippen molar-refractivity contribution < 1.29 is 4.74 Å². The second kappa shape index (κ2) is 4.85. The summed E-state index contributed by atoms with van der Waals surface area (Å²) in [6.45, 7) is 4.55. The first-order valence-corrected chi connectivity index (χ1v) is 6.12. The first-order valence-electron chi connectivity index (χ1n) is 6.12. The van der Waals surface area contributed by atoms with E-state index in [4.69, 9.17) is 4.74 Å². The molecule has 1 N–H and O–H groups in total. The highest BCUT2D eigenvalue weighted by Crippen LogP contribution is 2.22. The molecule has 0 aliphatic carbocycles. The number of anilines is 1. The molecule has 1 saturated heterocycles. The fraction of sp³-hybridized carbons (Fsp3) is 0.462. The molecule has 3 rings (SSSR count). The van der Waals surface area contributed by atoms with E-state index in [0.717, 1.165) is 32.8 Å². The molecule has 4 nitrogen and oxygen atoms in total. The highest BCUT2D eigenvalue weighted by molar-refractivity contribution is 5.80. The predicted molar refractivity (Wildman–Crippen MR) is 68.7 cm³/mol. The molecule has 1 aromatic carbocycles. The molecule has 0 radical (unpaired) electrons. The largest absolute Gasteiger partial charge is 0.371 e. The van der Waals surface area contributed by atoms with E-state index in [1.165, 1.54) is 11.3 Å². The number of hydrogen-bond acceptors (Lipinski definition) is 4. The van der Waals surface area contributed by atoms with Crippen LogP contribution in [0.3, 0.4) is 0 Å². The van der Waals surface area contributed by atoms with Gasteiger partial charge in [0.1, 0.15) is 0 Å². The molecule has 2 heterocycles. The number of ether oxygens (including phenoxy) is 1. The summed E-state index contributed by atoms with van der Waals surface area (Å²) >= 11 is 0. The molecular weight excluding hydrogens is 214 g/mol. The van der Waals surface area contributed by atoms with Gasteiger partial charge in [-0.1, -0.05) is 12.1 Å². The third-order valence-electron chi connectivity index (χ3n) is 3.22. The van der Waals surface area contributed by atoms with Gasteiger partial charge in [0, 0.05) is 25.3 Å². The average Bonchev–Trinajstić information content (AvgIpc) is 2.94. The molecule has 1 aromatic rings. The van der Waals surface area contributed by atoms with E-state index < -0.39 is 0 Å². The number of rotatable bonds is 2. The van der Waals surface area contributed by atoms with E-state index in [1.807, 2.05) is 6.34 Å². The molecule has 4 heteroatoms. The lowest BCUT2D eigenvalue weighted by Gasteiger charge is -2.24. The van der Waals surface area contributed by atoms with Crippen molar-refractivity contribution in [1.82, 2.24) is 5.32 Å². The molecule has 0 spiro atoms. The van der Waals surface area contributed by atoms with Crippen LogP contribution in [0.4, 0.5) is 5.69 Å². The van der Waals surface area contributed by atoms with Crippen molar-refractivity contribution in [3.8, 4) is 0 Å².